The zero-order valence-electron chi connectivity index (χ0n) is 14.0. The van der Waals surface area contributed by atoms with Gasteiger partial charge in [0.25, 0.3) is 5.91 Å². The van der Waals surface area contributed by atoms with Crippen LogP contribution in [0.3, 0.4) is 0 Å². The number of hydrogen-bond acceptors (Lipinski definition) is 3. The number of rotatable bonds is 5. The van der Waals surface area contributed by atoms with E-state index in [2.05, 4.69) is 10.4 Å². The highest BCUT2D eigenvalue weighted by molar-refractivity contribution is 6.32. The molecule has 0 spiro atoms. The summed E-state index contributed by atoms with van der Waals surface area (Å²) in [6.45, 7) is 2.36. The maximum Gasteiger partial charge on any atom is 0.256 e. The molecule has 6 heteroatoms. The van der Waals surface area contributed by atoms with Crippen LogP contribution >= 0.6 is 11.6 Å². The summed E-state index contributed by atoms with van der Waals surface area (Å²) < 4.78 is 7.39. The van der Waals surface area contributed by atoms with Gasteiger partial charge in [-0.05, 0) is 42.3 Å². The number of aryl methyl sites for hydroxylation is 2. The van der Waals surface area contributed by atoms with Crippen molar-refractivity contribution in [2.75, 3.05) is 5.32 Å². The van der Waals surface area contributed by atoms with Crippen LogP contribution in [0.5, 0.6) is 5.75 Å². The summed E-state index contributed by atoms with van der Waals surface area (Å²) in [5.74, 6) is 0.973. The maximum atomic E-state index is 12.2. The molecule has 0 aliphatic rings. The smallest absolute Gasteiger partial charge is 0.256 e. The molecule has 2 aromatic carbocycles. The van der Waals surface area contributed by atoms with Crippen LogP contribution in [0.15, 0.2) is 54.7 Å². The predicted octanol–water partition coefficient (Wildman–Crippen LogP) is 4.21. The third kappa shape index (κ3) is 4.39. The minimum absolute atomic E-state index is 0.201. The van der Waals surface area contributed by atoms with E-state index in [1.54, 1.807) is 36.1 Å². The van der Waals surface area contributed by atoms with E-state index in [0.717, 1.165) is 11.1 Å². The van der Waals surface area contributed by atoms with E-state index in [1.165, 1.54) is 0 Å². The summed E-state index contributed by atoms with van der Waals surface area (Å²) in [5, 5.41) is 7.46. The van der Waals surface area contributed by atoms with Crippen LogP contribution in [0, 0.1) is 6.92 Å². The molecule has 1 aromatic heterocycles. The van der Waals surface area contributed by atoms with Gasteiger partial charge in [0, 0.05) is 24.9 Å². The van der Waals surface area contributed by atoms with Gasteiger partial charge in [0.2, 0.25) is 0 Å². The van der Waals surface area contributed by atoms with Crippen LogP contribution in [0.25, 0.3) is 0 Å². The van der Waals surface area contributed by atoms with Crippen molar-refractivity contribution in [2.24, 2.45) is 7.05 Å². The molecule has 0 radical (unpaired) electrons. The van der Waals surface area contributed by atoms with E-state index in [4.69, 9.17) is 16.3 Å². The lowest BCUT2D eigenvalue weighted by atomic mass is 10.1. The largest absolute Gasteiger partial charge is 0.487 e. The quantitative estimate of drug-likeness (QED) is 0.745. The van der Waals surface area contributed by atoms with E-state index in [1.807, 2.05) is 37.3 Å². The number of benzene rings is 2. The number of aromatic nitrogens is 2. The zero-order valence-corrected chi connectivity index (χ0v) is 14.7. The molecule has 0 aliphatic carbocycles. The summed E-state index contributed by atoms with van der Waals surface area (Å²) in [6, 6.07) is 14.6. The third-order valence-electron chi connectivity index (χ3n) is 3.65. The van der Waals surface area contributed by atoms with Gasteiger partial charge in [-0.3, -0.25) is 9.48 Å². The first-order chi connectivity index (χ1) is 12.0. The Morgan fingerprint density at radius 3 is 2.64 bits per heavy atom. The molecular formula is C19H18ClN3O2. The Hall–Kier alpha value is -2.79. The average molecular weight is 356 g/mol. The first kappa shape index (κ1) is 17.0. The highest BCUT2D eigenvalue weighted by Gasteiger charge is 2.08. The van der Waals surface area contributed by atoms with Crippen molar-refractivity contribution in [3.8, 4) is 5.75 Å². The van der Waals surface area contributed by atoms with Crippen molar-refractivity contribution >= 4 is 23.3 Å². The SMILES string of the molecule is Cc1ccc(Cl)c(OCc2ccc(C(=O)Nc3ccn(C)n3)cc2)c1. The summed E-state index contributed by atoms with van der Waals surface area (Å²) in [7, 11) is 1.80. The Balaban J connectivity index is 1.61. The molecule has 0 fully saturated rings. The molecule has 1 heterocycles. The van der Waals surface area contributed by atoms with Crippen LogP contribution in [0.2, 0.25) is 5.02 Å². The van der Waals surface area contributed by atoms with Gasteiger partial charge in [-0.15, -0.1) is 0 Å². The normalized spacial score (nSPS) is 10.5. The van der Waals surface area contributed by atoms with Crippen molar-refractivity contribution in [1.82, 2.24) is 9.78 Å². The van der Waals surface area contributed by atoms with Gasteiger partial charge in [0.05, 0.1) is 5.02 Å². The topological polar surface area (TPSA) is 56.1 Å². The van der Waals surface area contributed by atoms with Gasteiger partial charge in [-0.2, -0.15) is 5.10 Å². The zero-order chi connectivity index (χ0) is 17.8. The number of hydrogen-bond donors (Lipinski definition) is 1. The van der Waals surface area contributed by atoms with Gasteiger partial charge in [-0.1, -0.05) is 29.8 Å². The van der Waals surface area contributed by atoms with Crippen molar-refractivity contribution in [3.05, 3.63) is 76.4 Å². The monoisotopic (exact) mass is 355 g/mol. The van der Waals surface area contributed by atoms with Crippen LogP contribution < -0.4 is 10.1 Å². The number of nitrogens with zero attached hydrogens (tertiary/aromatic N) is 2. The van der Waals surface area contributed by atoms with E-state index < -0.39 is 0 Å². The molecule has 1 amide bonds. The van der Waals surface area contributed by atoms with Gasteiger partial charge >= 0.3 is 0 Å². The number of nitrogens with one attached hydrogen (secondary N) is 1. The fraction of sp³-hybridized carbons (Fsp3) is 0.158. The van der Waals surface area contributed by atoms with Crippen LogP contribution in [-0.2, 0) is 13.7 Å². The Morgan fingerprint density at radius 1 is 1.20 bits per heavy atom. The summed E-state index contributed by atoms with van der Waals surface area (Å²) in [5.41, 5.74) is 2.59. The van der Waals surface area contributed by atoms with Gasteiger partial charge in [0.1, 0.15) is 12.4 Å². The summed E-state index contributed by atoms with van der Waals surface area (Å²) in [6.07, 6.45) is 1.77. The van der Waals surface area contributed by atoms with Crippen molar-refractivity contribution < 1.29 is 9.53 Å². The first-order valence-electron chi connectivity index (χ1n) is 7.80. The Bertz CT molecular complexity index is 888. The molecule has 25 heavy (non-hydrogen) atoms. The number of carbonyl (C=O) groups is 1. The van der Waals surface area contributed by atoms with E-state index in [9.17, 15) is 4.79 Å². The minimum atomic E-state index is -0.201. The fourth-order valence-corrected chi connectivity index (χ4v) is 2.48. The standard InChI is InChI=1S/C19H18ClN3O2/c1-13-3-8-16(20)17(11-13)25-12-14-4-6-15(7-5-14)19(24)21-18-9-10-23(2)22-18/h3-11H,12H2,1-2H3,(H,21,22,24). The third-order valence-corrected chi connectivity index (χ3v) is 3.96. The number of amides is 1. The molecule has 3 rings (SSSR count). The highest BCUT2D eigenvalue weighted by atomic mass is 35.5. The number of carbonyl (C=O) groups excluding carboxylic acids is 1. The number of halogens is 1. The predicted molar refractivity (Wildman–Crippen MR) is 98.1 cm³/mol. The Labute approximate surface area is 151 Å². The van der Waals surface area contributed by atoms with E-state index in [-0.39, 0.29) is 5.91 Å². The van der Waals surface area contributed by atoms with Crippen molar-refractivity contribution in [1.29, 1.82) is 0 Å². The van der Waals surface area contributed by atoms with E-state index in [0.29, 0.717) is 28.8 Å². The number of ether oxygens (including phenoxy) is 1. The molecular weight excluding hydrogens is 338 g/mol. The van der Waals surface area contributed by atoms with Crippen molar-refractivity contribution in [3.63, 3.8) is 0 Å². The number of anilines is 1. The molecule has 0 bridgehead atoms. The van der Waals surface area contributed by atoms with E-state index >= 15 is 0 Å². The molecule has 0 atom stereocenters. The van der Waals surface area contributed by atoms with Gasteiger partial charge in [-0.25, -0.2) is 0 Å². The molecule has 1 N–H and O–H groups in total. The lowest BCUT2D eigenvalue weighted by Crippen LogP contribution is -2.12. The van der Waals surface area contributed by atoms with Crippen LogP contribution in [-0.4, -0.2) is 15.7 Å². The second-order valence-corrected chi connectivity index (χ2v) is 6.16. The molecule has 0 unspecified atom stereocenters. The second kappa shape index (κ2) is 7.40. The van der Waals surface area contributed by atoms with Crippen LogP contribution in [0.4, 0.5) is 5.82 Å². The highest BCUT2D eigenvalue weighted by Crippen LogP contribution is 2.26. The molecule has 0 saturated carbocycles. The summed E-state index contributed by atoms with van der Waals surface area (Å²) in [4.78, 5) is 12.2. The summed E-state index contributed by atoms with van der Waals surface area (Å²) >= 11 is 6.12. The second-order valence-electron chi connectivity index (χ2n) is 5.75. The average Bonchev–Trinajstić information content (AvgIpc) is 3.01. The molecule has 3 aromatic rings. The first-order valence-corrected chi connectivity index (χ1v) is 8.18. The molecule has 0 aliphatic heterocycles. The molecule has 5 nitrogen and oxygen atoms in total. The van der Waals surface area contributed by atoms with Crippen molar-refractivity contribution in [2.45, 2.75) is 13.5 Å². The molecule has 0 saturated heterocycles. The minimum Gasteiger partial charge on any atom is -0.487 e. The molecule has 128 valence electrons. The van der Waals surface area contributed by atoms with Crippen LogP contribution in [0.1, 0.15) is 21.5 Å². The maximum absolute atomic E-state index is 12.2. The Kier molecular flexibility index (Phi) is 5.05. The van der Waals surface area contributed by atoms with Gasteiger partial charge in [0.15, 0.2) is 5.82 Å². The lowest BCUT2D eigenvalue weighted by Gasteiger charge is -2.09. The lowest BCUT2D eigenvalue weighted by molar-refractivity contribution is 0.102. The Morgan fingerprint density at radius 2 is 1.96 bits per heavy atom. The van der Waals surface area contributed by atoms with Gasteiger partial charge < -0.3 is 10.1 Å². The fourth-order valence-electron chi connectivity index (χ4n) is 2.30.